The molecule has 0 fully saturated rings. The van der Waals surface area contributed by atoms with Crippen LogP contribution in [0.4, 0.5) is 5.88 Å². The van der Waals surface area contributed by atoms with Crippen LogP contribution < -0.4 is 5.43 Å². The molecule has 0 saturated heterocycles. The zero-order valence-corrected chi connectivity index (χ0v) is 9.41. The number of nitrogens with one attached hydrogen (secondary N) is 1. The third-order valence-electron chi connectivity index (χ3n) is 1.63. The molecule has 1 aromatic heterocycles. The maximum Gasteiger partial charge on any atom is 0.433 e. The lowest BCUT2D eigenvalue weighted by Gasteiger charge is -2.06. The number of nitrogens with zero attached hydrogens (tertiary/aromatic N) is 3. The molecule has 0 unspecified atom stereocenters. The Morgan fingerprint density at radius 2 is 2.35 bits per heavy atom. The molecule has 8 heteroatoms. The summed E-state index contributed by atoms with van der Waals surface area (Å²) < 4.78 is 4.80. The molecule has 17 heavy (non-hydrogen) atoms. The summed E-state index contributed by atoms with van der Waals surface area (Å²) in [6.07, 6.45) is 1.19. The Bertz CT molecular complexity index is 438. The van der Waals surface area contributed by atoms with Crippen molar-refractivity contribution in [1.82, 2.24) is 10.3 Å². The molecule has 0 radical (unpaired) electrons. The highest BCUT2D eigenvalue weighted by molar-refractivity contribution is 5.81. The van der Waals surface area contributed by atoms with Crippen LogP contribution in [-0.4, -0.2) is 42.6 Å². The van der Waals surface area contributed by atoms with E-state index in [1.165, 1.54) is 18.3 Å². The Hall–Kier alpha value is -2.22. The van der Waals surface area contributed by atoms with Gasteiger partial charge in [0.25, 0.3) is 5.91 Å². The highest BCUT2D eigenvalue weighted by Gasteiger charge is 2.10. The number of hydrazone groups is 1. The van der Waals surface area contributed by atoms with Gasteiger partial charge in [-0.15, -0.1) is 0 Å². The average Bonchev–Trinajstić information content (AvgIpc) is 2.65. The van der Waals surface area contributed by atoms with Crippen molar-refractivity contribution in [2.75, 3.05) is 20.6 Å². The molecule has 1 N–H and O–H groups in total. The molecule has 0 aromatic carbocycles. The van der Waals surface area contributed by atoms with Crippen molar-refractivity contribution in [1.29, 1.82) is 0 Å². The van der Waals surface area contributed by atoms with Crippen LogP contribution in [0.15, 0.2) is 21.7 Å². The molecular formula is C9H12N4O4. The minimum atomic E-state index is -0.651. The fraction of sp³-hybridized carbons (Fsp3) is 0.333. The second-order valence-corrected chi connectivity index (χ2v) is 3.46. The first-order chi connectivity index (χ1) is 7.99. The van der Waals surface area contributed by atoms with Gasteiger partial charge in [0.2, 0.25) is 0 Å². The number of carbonyl (C=O) groups is 1. The zero-order valence-electron chi connectivity index (χ0n) is 9.41. The van der Waals surface area contributed by atoms with E-state index in [0.717, 1.165) is 0 Å². The SMILES string of the molecule is CN(C)CC(=O)N/N=C/c1ccc([N+](=O)[O-])o1. The van der Waals surface area contributed by atoms with E-state index in [2.05, 4.69) is 10.5 Å². The molecule has 0 bridgehead atoms. The van der Waals surface area contributed by atoms with Crippen LogP contribution in [0.3, 0.4) is 0 Å². The van der Waals surface area contributed by atoms with E-state index in [1.807, 2.05) is 0 Å². The molecule has 0 aliphatic carbocycles. The number of likely N-dealkylation sites (N-methyl/N-ethyl adjacent to an activating group) is 1. The fourth-order valence-corrected chi connectivity index (χ4v) is 1.00. The third kappa shape index (κ3) is 4.43. The lowest BCUT2D eigenvalue weighted by molar-refractivity contribution is -0.402. The van der Waals surface area contributed by atoms with Gasteiger partial charge in [0.1, 0.15) is 4.92 Å². The van der Waals surface area contributed by atoms with Crippen LogP contribution in [-0.2, 0) is 4.79 Å². The van der Waals surface area contributed by atoms with Crippen molar-refractivity contribution in [3.05, 3.63) is 28.0 Å². The van der Waals surface area contributed by atoms with E-state index in [0.29, 0.717) is 0 Å². The first-order valence-corrected chi connectivity index (χ1v) is 4.70. The molecule has 0 aliphatic rings. The van der Waals surface area contributed by atoms with Crippen molar-refractivity contribution in [3.63, 3.8) is 0 Å². The Balaban J connectivity index is 2.48. The summed E-state index contributed by atoms with van der Waals surface area (Å²) in [6.45, 7) is 0.204. The zero-order chi connectivity index (χ0) is 12.8. The van der Waals surface area contributed by atoms with E-state index in [9.17, 15) is 14.9 Å². The van der Waals surface area contributed by atoms with Gasteiger partial charge in [0.15, 0.2) is 5.76 Å². The minimum Gasteiger partial charge on any atom is -0.400 e. The topological polar surface area (TPSA) is 101 Å². The molecule has 92 valence electrons. The van der Waals surface area contributed by atoms with Crippen molar-refractivity contribution in [2.24, 2.45) is 5.10 Å². The number of carbonyl (C=O) groups excluding carboxylic acids is 1. The summed E-state index contributed by atoms with van der Waals surface area (Å²) in [5.41, 5.74) is 2.26. The number of amides is 1. The summed E-state index contributed by atoms with van der Waals surface area (Å²) in [7, 11) is 3.50. The number of rotatable bonds is 5. The van der Waals surface area contributed by atoms with Crippen LogP contribution >= 0.6 is 0 Å². The summed E-state index contributed by atoms with van der Waals surface area (Å²) in [5, 5.41) is 13.9. The van der Waals surface area contributed by atoms with Crippen LogP contribution in [0.25, 0.3) is 0 Å². The van der Waals surface area contributed by atoms with E-state index in [4.69, 9.17) is 4.42 Å². The predicted molar refractivity (Wildman–Crippen MR) is 59.7 cm³/mol. The minimum absolute atomic E-state index is 0.196. The second-order valence-electron chi connectivity index (χ2n) is 3.46. The first-order valence-electron chi connectivity index (χ1n) is 4.70. The van der Waals surface area contributed by atoms with E-state index >= 15 is 0 Å². The Labute approximate surface area is 97.0 Å². The normalized spacial score (nSPS) is 11.0. The average molecular weight is 240 g/mol. The summed E-state index contributed by atoms with van der Waals surface area (Å²) >= 11 is 0. The number of nitro groups is 1. The lowest BCUT2D eigenvalue weighted by atomic mass is 10.5. The number of furan rings is 1. The second kappa shape index (κ2) is 5.75. The third-order valence-corrected chi connectivity index (χ3v) is 1.63. The molecule has 0 saturated carbocycles. The molecular weight excluding hydrogens is 228 g/mol. The molecule has 1 rings (SSSR count). The van der Waals surface area contributed by atoms with Gasteiger partial charge in [-0.3, -0.25) is 14.9 Å². The fourth-order valence-electron chi connectivity index (χ4n) is 1.00. The van der Waals surface area contributed by atoms with Gasteiger partial charge in [0, 0.05) is 0 Å². The summed E-state index contributed by atoms with van der Waals surface area (Å²) in [5.74, 6) is -0.458. The van der Waals surface area contributed by atoms with Crippen molar-refractivity contribution < 1.29 is 14.1 Å². The van der Waals surface area contributed by atoms with Crippen molar-refractivity contribution in [2.45, 2.75) is 0 Å². The van der Waals surface area contributed by atoms with Gasteiger partial charge in [-0.05, 0) is 20.2 Å². The van der Waals surface area contributed by atoms with Crippen LogP contribution in [0.2, 0.25) is 0 Å². The molecule has 8 nitrogen and oxygen atoms in total. The van der Waals surface area contributed by atoms with Gasteiger partial charge >= 0.3 is 5.88 Å². The van der Waals surface area contributed by atoms with Gasteiger partial charge < -0.3 is 9.32 Å². The van der Waals surface area contributed by atoms with Gasteiger partial charge in [0.05, 0.1) is 18.8 Å². The quantitative estimate of drug-likeness (QED) is 0.450. The Kier molecular flexibility index (Phi) is 4.35. The molecule has 0 spiro atoms. The lowest BCUT2D eigenvalue weighted by Crippen LogP contribution is -2.30. The van der Waals surface area contributed by atoms with Crippen molar-refractivity contribution >= 4 is 18.0 Å². The Morgan fingerprint density at radius 3 is 2.88 bits per heavy atom. The van der Waals surface area contributed by atoms with Gasteiger partial charge in [-0.2, -0.15) is 5.10 Å². The van der Waals surface area contributed by atoms with E-state index < -0.39 is 4.92 Å². The predicted octanol–water partition coefficient (Wildman–Crippen LogP) is 0.200. The number of hydrogen-bond donors (Lipinski definition) is 1. The van der Waals surface area contributed by atoms with E-state index in [-0.39, 0.29) is 24.1 Å². The summed E-state index contributed by atoms with van der Waals surface area (Å²) in [6, 6.07) is 2.60. The van der Waals surface area contributed by atoms with Crippen LogP contribution in [0.1, 0.15) is 5.76 Å². The highest BCUT2D eigenvalue weighted by Crippen LogP contribution is 2.13. The maximum atomic E-state index is 11.2. The molecule has 1 aromatic rings. The first kappa shape index (κ1) is 12.8. The number of hydrogen-bond acceptors (Lipinski definition) is 6. The van der Waals surface area contributed by atoms with Gasteiger partial charge in [-0.25, -0.2) is 5.43 Å². The largest absolute Gasteiger partial charge is 0.433 e. The van der Waals surface area contributed by atoms with Crippen LogP contribution in [0, 0.1) is 10.1 Å². The van der Waals surface area contributed by atoms with Crippen LogP contribution in [0.5, 0.6) is 0 Å². The molecule has 0 atom stereocenters. The highest BCUT2D eigenvalue weighted by atomic mass is 16.6. The van der Waals surface area contributed by atoms with Crippen molar-refractivity contribution in [3.8, 4) is 0 Å². The monoisotopic (exact) mass is 240 g/mol. The van der Waals surface area contributed by atoms with Gasteiger partial charge in [-0.1, -0.05) is 0 Å². The maximum absolute atomic E-state index is 11.2. The standard InChI is InChI=1S/C9H12N4O4/c1-12(2)6-8(14)11-10-5-7-3-4-9(17-7)13(15)16/h3-5H,6H2,1-2H3,(H,11,14)/b10-5+. The Morgan fingerprint density at radius 1 is 1.65 bits per heavy atom. The van der Waals surface area contributed by atoms with E-state index in [1.54, 1.807) is 19.0 Å². The smallest absolute Gasteiger partial charge is 0.400 e. The molecule has 1 heterocycles. The summed E-state index contributed by atoms with van der Waals surface area (Å²) in [4.78, 5) is 22.5. The molecule has 1 amide bonds. The molecule has 0 aliphatic heterocycles.